The van der Waals surface area contributed by atoms with Crippen LogP contribution in [-0.2, 0) is 16.2 Å². The Morgan fingerprint density at radius 1 is 1.33 bits per heavy atom. The molecule has 2 atom stereocenters. The van der Waals surface area contributed by atoms with Crippen molar-refractivity contribution in [1.29, 1.82) is 0 Å². The Morgan fingerprint density at radius 2 is 2.03 bits per heavy atom. The van der Waals surface area contributed by atoms with Gasteiger partial charge in [0.1, 0.15) is 18.1 Å². The Hall–Kier alpha value is -1.91. The summed E-state index contributed by atoms with van der Waals surface area (Å²) in [7, 11) is -1.22. The van der Waals surface area contributed by atoms with E-state index in [2.05, 4.69) is 34.9 Å². The molecular weight excluding hydrogens is 465 g/mol. The lowest BCUT2D eigenvalue weighted by molar-refractivity contribution is 0.0238. The van der Waals surface area contributed by atoms with Gasteiger partial charge in [-0.3, -0.25) is 0 Å². The van der Waals surface area contributed by atoms with Crippen molar-refractivity contribution in [2.45, 2.75) is 84.2 Å². The normalized spacial score (nSPS) is 19.4. The van der Waals surface area contributed by atoms with Gasteiger partial charge in [-0.2, -0.15) is 9.97 Å². The van der Waals surface area contributed by atoms with Gasteiger partial charge in [0, 0.05) is 39.5 Å². The molecule has 2 aromatic heterocycles. The van der Waals surface area contributed by atoms with Crippen molar-refractivity contribution in [3.63, 3.8) is 0 Å². The van der Waals surface area contributed by atoms with Crippen LogP contribution in [-0.4, -0.2) is 64.4 Å². The first-order chi connectivity index (χ1) is 15.2. The van der Waals surface area contributed by atoms with Crippen molar-refractivity contribution in [3.8, 4) is 0 Å². The van der Waals surface area contributed by atoms with E-state index in [0.29, 0.717) is 31.0 Å². The third-order valence-corrected chi connectivity index (χ3v) is 7.29. The van der Waals surface area contributed by atoms with E-state index in [1.165, 1.54) is 6.20 Å². The Labute approximate surface area is 200 Å². The number of rotatable bonds is 7. The van der Waals surface area contributed by atoms with E-state index >= 15 is 0 Å². The van der Waals surface area contributed by atoms with E-state index < -0.39 is 19.5 Å². The maximum atomic E-state index is 14.9. The predicted octanol–water partition coefficient (Wildman–Crippen LogP) is 5.35. The zero-order valence-corrected chi connectivity index (χ0v) is 22.3. The number of hydrogen-bond acceptors (Lipinski definition) is 6. The van der Waals surface area contributed by atoms with Crippen molar-refractivity contribution in [1.82, 2.24) is 19.4 Å². The van der Waals surface area contributed by atoms with Crippen LogP contribution in [0.15, 0.2) is 6.20 Å². The van der Waals surface area contributed by atoms with E-state index in [0.717, 1.165) is 6.04 Å². The number of amides is 1. The molecule has 0 aromatic carbocycles. The van der Waals surface area contributed by atoms with Crippen molar-refractivity contribution in [2.75, 3.05) is 18.5 Å². The quantitative estimate of drug-likeness (QED) is 0.314. The van der Waals surface area contributed by atoms with Crippen LogP contribution >= 0.6 is 11.6 Å². The summed E-state index contributed by atoms with van der Waals surface area (Å²) in [5.41, 5.74) is -0.198. The first-order valence-corrected chi connectivity index (χ1v) is 15.4. The lowest BCUT2D eigenvalue weighted by Gasteiger charge is -2.26. The van der Waals surface area contributed by atoms with Gasteiger partial charge in [0.15, 0.2) is 11.5 Å². The van der Waals surface area contributed by atoms with Crippen molar-refractivity contribution < 1.29 is 18.7 Å². The highest BCUT2D eigenvalue weighted by Gasteiger charge is 2.35. The van der Waals surface area contributed by atoms with Crippen LogP contribution in [0.3, 0.4) is 0 Å². The van der Waals surface area contributed by atoms with Crippen molar-refractivity contribution in [3.05, 3.63) is 17.3 Å². The topological polar surface area (TPSA) is 81.5 Å². The Morgan fingerprint density at radius 3 is 2.67 bits per heavy atom. The Kier molecular flexibility index (Phi) is 7.60. The number of aromatic nitrogens is 3. The molecule has 3 rings (SSSR count). The van der Waals surface area contributed by atoms with Crippen LogP contribution in [0, 0.1) is 5.82 Å². The van der Waals surface area contributed by atoms with Crippen LogP contribution in [0.25, 0.3) is 11.0 Å². The minimum Gasteiger partial charge on any atom is -0.444 e. The van der Waals surface area contributed by atoms with Gasteiger partial charge in [-0.15, -0.1) is 0 Å². The summed E-state index contributed by atoms with van der Waals surface area (Å²) in [6.07, 6.45) is 1.67. The van der Waals surface area contributed by atoms with Crippen LogP contribution < -0.4 is 5.32 Å². The zero-order chi connectivity index (χ0) is 24.6. The molecule has 1 saturated heterocycles. The highest BCUT2D eigenvalue weighted by molar-refractivity contribution is 6.76. The molecule has 0 radical (unpaired) electrons. The average Bonchev–Trinajstić information content (AvgIpc) is 3.16. The van der Waals surface area contributed by atoms with Gasteiger partial charge >= 0.3 is 6.09 Å². The number of fused-ring (bicyclic) bond motifs is 1. The summed E-state index contributed by atoms with van der Waals surface area (Å²) in [4.78, 5) is 22.7. The third kappa shape index (κ3) is 6.80. The molecule has 0 unspecified atom stereocenters. The van der Waals surface area contributed by atoms with Gasteiger partial charge in [0.25, 0.3) is 0 Å². The second-order valence-electron chi connectivity index (χ2n) is 10.9. The van der Waals surface area contributed by atoms with Gasteiger partial charge in [-0.25, -0.2) is 9.18 Å². The van der Waals surface area contributed by atoms with Gasteiger partial charge in [0.2, 0.25) is 5.28 Å². The van der Waals surface area contributed by atoms with E-state index in [1.54, 1.807) is 9.47 Å². The zero-order valence-electron chi connectivity index (χ0n) is 20.5. The fourth-order valence-corrected chi connectivity index (χ4v) is 4.68. The maximum absolute atomic E-state index is 14.9. The Balaban J connectivity index is 1.75. The SMILES string of the molecule is C[C@H]1C[C@@H](Nc2nc(Cl)nc3c2c(F)cn3COCC[Si](C)(C)C)CN1C(=O)OC(C)(C)C. The number of nitrogens with zero attached hydrogens (tertiary/aromatic N) is 4. The molecule has 1 amide bonds. The van der Waals surface area contributed by atoms with Gasteiger partial charge in [0.05, 0.1) is 5.39 Å². The minimum absolute atomic E-state index is 0.0153. The van der Waals surface area contributed by atoms with Crippen molar-refractivity contribution in [2.24, 2.45) is 0 Å². The van der Waals surface area contributed by atoms with Crippen LogP contribution in [0.2, 0.25) is 31.0 Å². The minimum atomic E-state index is -1.22. The third-order valence-electron chi connectivity index (χ3n) is 5.41. The number of carbonyl (C=O) groups is 1. The highest BCUT2D eigenvalue weighted by Crippen LogP contribution is 2.30. The summed E-state index contributed by atoms with van der Waals surface area (Å²) in [6, 6.07) is 0.863. The summed E-state index contributed by atoms with van der Waals surface area (Å²) >= 11 is 6.17. The van der Waals surface area contributed by atoms with Crippen LogP contribution in [0.4, 0.5) is 15.0 Å². The number of hydrogen-bond donors (Lipinski definition) is 1. The fourth-order valence-electron chi connectivity index (χ4n) is 3.76. The largest absolute Gasteiger partial charge is 0.444 e. The lowest BCUT2D eigenvalue weighted by Crippen LogP contribution is -2.39. The number of likely N-dealkylation sites (tertiary alicyclic amines) is 1. The average molecular weight is 500 g/mol. The standard InChI is InChI=1S/C22H35ClFN5O3Si/c1-14-10-15(11-29(14)21(30)32-22(2,3)4)25-18-17-16(24)12-28(19(17)27-20(23)26-18)13-31-8-9-33(5,6)7/h12,14-15H,8-11,13H2,1-7H3,(H,25,26,27)/t14-,15+/m0/s1. The fraction of sp³-hybridized carbons (Fsp3) is 0.682. The second-order valence-corrected chi connectivity index (χ2v) is 16.9. The first-order valence-electron chi connectivity index (χ1n) is 11.3. The molecule has 11 heteroatoms. The summed E-state index contributed by atoms with van der Waals surface area (Å²) in [5.74, 6) is -0.139. The first kappa shape index (κ1) is 25.7. The van der Waals surface area contributed by atoms with Crippen LogP contribution in [0.1, 0.15) is 34.1 Å². The smallest absolute Gasteiger partial charge is 0.410 e. The molecule has 33 heavy (non-hydrogen) atoms. The van der Waals surface area contributed by atoms with Gasteiger partial charge in [-0.1, -0.05) is 19.6 Å². The molecule has 3 heterocycles. The second kappa shape index (κ2) is 9.75. The molecular formula is C22H35ClFN5O3Si. The summed E-state index contributed by atoms with van der Waals surface area (Å²) in [5, 5.41) is 3.55. The van der Waals surface area contributed by atoms with E-state index in [9.17, 15) is 9.18 Å². The number of carbonyl (C=O) groups excluding carboxylic acids is 1. The highest BCUT2D eigenvalue weighted by atomic mass is 35.5. The number of ether oxygens (including phenoxy) is 2. The monoisotopic (exact) mass is 499 g/mol. The maximum Gasteiger partial charge on any atom is 0.410 e. The summed E-state index contributed by atoms with van der Waals surface area (Å²) < 4.78 is 27.8. The molecule has 0 aliphatic carbocycles. The molecule has 184 valence electrons. The molecule has 0 saturated carbocycles. The van der Waals surface area contributed by atoms with Gasteiger partial charge in [-0.05, 0) is 51.8 Å². The van der Waals surface area contributed by atoms with Crippen molar-refractivity contribution >= 4 is 42.6 Å². The molecule has 2 aromatic rings. The molecule has 1 fully saturated rings. The number of halogens is 2. The van der Waals surface area contributed by atoms with E-state index in [4.69, 9.17) is 21.1 Å². The number of anilines is 1. The van der Waals surface area contributed by atoms with E-state index in [-0.39, 0.29) is 35.6 Å². The van der Waals surface area contributed by atoms with E-state index in [1.807, 2.05) is 27.7 Å². The molecule has 1 N–H and O–H groups in total. The molecule has 1 aliphatic heterocycles. The predicted molar refractivity (Wildman–Crippen MR) is 131 cm³/mol. The Bertz CT molecular complexity index is 1000. The number of nitrogens with one attached hydrogen (secondary N) is 1. The lowest BCUT2D eigenvalue weighted by atomic mass is 10.2. The molecule has 0 bridgehead atoms. The van der Waals surface area contributed by atoms with Crippen LogP contribution in [0.5, 0.6) is 0 Å². The van der Waals surface area contributed by atoms with Gasteiger partial charge < -0.3 is 24.3 Å². The summed E-state index contributed by atoms with van der Waals surface area (Å²) in [6.45, 7) is 15.5. The molecule has 8 nitrogen and oxygen atoms in total. The molecule has 0 spiro atoms. The molecule has 1 aliphatic rings.